The lowest BCUT2D eigenvalue weighted by Crippen LogP contribution is -2.24. The van der Waals surface area contributed by atoms with Gasteiger partial charge in [0.1, 0.15) is 11.5 Å². The highest BCUT2D eigenvalue weighted by molar-refractivity contribution is 7.99. The fourth-order valence-corrected chi connectivity index (χ4v) is 3.60. The van der Waals surface area contributed by atoms with Gasteiger partial charge in [0.05, 0.1) is 35.9 Å². The molecule has 0 unspecified atom stereocenters. The first-order valence-corrected chi connectivity index (χ1v) is 9.77. The van der Waals surface area contributed by atoms with Crippen LogP contribution in [0.15, 0.2) is 66.2 Å². The average molecular weight is 394 g/mol. The highest BCUT2D eigenvalue weighted by Crippen LogP contribution is 2.39. The van der Waals surface area contributed by atoms with Gasteiger partial charge in [-0.1, -0.05) is 48.2 Å². The molecule has 0 saturated carbocycles. The van der Waals surface area contributed by atoms with Crippen molar-refractivity contribution >= 4 is 28.6 Å². The van der Waals surface area contributed by atoms with E-state index in [1.165, 1.54) is 11.8 Å². The molecule has 6 heteroatoms. The van der Waals surface area contributed by atoms with Crippen molar-refractivity contribution in [1.82, 2.24) is 10.3 Å². The third-order valence-electron chi connectivity index (χ3n) is 4.16. The van der Waals surface area contributed by atoms with Crippen molar-refractivity contribution < 1.29 is 14.3 Å². The van der Waals surface area contributed by atoms with Crippen LogP contribution in [0.5, 0.6) is 11.5 Å². The smallest absolute Gasteiger partial charge is 0.230 e. The molecule has 2 aromatic carbocycles. The first-order valence-electron chi connectivity index (χ1n) is 8.79. The number of carbonyl (C=O) groups is 1. The maximum atomic E-state index is 11.9. The molecule has 1 amide bonds. The summed E-state index contributed by atoms with van der Waals surface area (Å²) in [5.74, 6) is 1.58. The molecule has 3 rings (SSSR count). The molecule has 5 nitrogen and oxygen atoms in total. The van der Waals surface area contributed by atoms with Gasteiger partial charge in [0, 0.05) is 18.7 Å². The van der Waals surface area contributed by atoms with Crippen LogP contribution in [-0.4, -0.2) is 37.4 Å². The Kier molecular flexibility index (Phi) is 6.55. The number of aromatic nitrogens is 1. The number of rotatable bonds is 8. The number of ether oxygens (including phenoxy) is 2. The second kappa shape index (κ2) is 9.28. The zero-order chi connectivity index (χ0) is 19.9. The first kappa shape index (κ1) is 19.8. The molecule has 0 radical (unpaired) electrons. The fourth-order valence-electron chi connectivity index (χ4n) is 2.86. The lowest BCUT2D eigenvalue weighted by atomic mass is 10.0. The SMILES string of the molecule is C=CCNC(=O)CSc1cc(-c2ccccc2)c2c(OC)cc(OC)cc2n1. The normalized spacial score (nSPS) is 10.5. The van der Waals surface area contributed by atoms with E-state index in [4.69, 9.17) is 14.5 Å². The van der Waals surface area contributed by atoms with E-state index in [2.05, 4.69) is 11.9 Å². The third-order valence-corrected chi connectivity index (χ3v) is 5.07. The van der Waals surface area contributed by atoms with E-state index in [-0.39, 0.29) is 11.7 Å². The summed E-state index contributed by atoms with van der Waals surface area (Å²) >= 11 is 1.39. The number of fused-ring (bicyclic) bond motifs is 1. The molecule has 0 aliphatic rings. The van der Waals surface area contributed by atoms with E-state index in [0.717, 1.165) is 27.1 Å². The number of pyridine rings is 1. The van der Waals surface area contributed by atoms with Crippen LogP contribution in [0.25, 0.3) is 22.0 Å². The number of hydrogen-bond acceptors (Lipinski definition) is 5. The predicted molar refractivity (Wildman–Crippen MR) is 114 cm³/mol. The Labute approximate surface area is 168 Å². The second-order valence-corrected chi connectivity index (χ2v) is 6.97. The summed E-state index contributed by atoms with van der Waals surface area (Å²) in [6.07, 6.45) is 1.66. The van der Waals surface area contributed by atoms with E-state index in [9.17, 15) is 4.79 Å². The van der Waals surface area contributed by atoms with E-state index >= 15 is 0 Å². The monoisotopic (exact) mass is 394 g/mol. The largest absolute Gasteiger partial charge is 0.497 e. The van der Waals surface area contributed by atoms with Gasteiger partial charge in [-0.3, -0.25) is 4.79 Å². The number of benzene rings is 2. The van der Waals surface area contributed by atoms with Crippen LogP contribution >= 0.6 is 11.8 Å². The number of carbonyl (C=O) groups excluding carboxylic acids is 1. The summed E-state index contributed by atoms with van der Waals surface area (Å²) in [4.78, 5) is 16.7. The number of nitrogens with one attached hydrogen (secondary N) is 1. The molecule has 0 bridgehead atoms. The van der Waals surface area contributed by atoms with Crippen LogP contribution in [0.3, 0.4) is 0 Å². The van der Waals surface area contributed by atoms with Gasteiger partial charge >= 0.3 is 0 Å². The number of hydrogen-bond donors (Lipinski definition) is 1. The average Bonchev–Trinajstić information content (AvgIpc) is 2.75. The van der Waals surface area contributed by atoms with Crippen LogP contribution in [0.2, 0.25) is 0 Å². The van der Waals surface area contributed by atoms with Crippen molar-refractivity contribution in [3.63, 3.8) is 0 Å². The van der Waals surface area contributed by atoms with Crippen molar-refractivity contribution in [2.45, 2.75) is 5.03 Å². The lowest BCUT2D eigenvalue weighted by Gasteiger charge is -2.14. The zero-order valence-corrected chi connectivity index (χ0v) is 16.7. The van der Waals surface area contributed by atoms with Gasteiger partial charge < -0.3 is 14.8 Å². The van der Waals surface area contributed by atoms with Crippen molar-refractivity contribution in [2.24, 2.45) is 0 Å². The van der Waals surface area contributed by atoms with E-state index in [0.29, 0.717) is 18.0 Å². The Morgan fingerprint density at radius 1 is 1.18 bits per heavy atom. The number of thioether (sulfide) groups is 1. The molecule has 0 saturated heterocycles. The molecule has 28 heavy (non-hydrogen) atoms. The van der Waals surface area contributed by atoms with Crippen LogP contribution in [0, 0.1) is 0 Å². The number of methoxy groups -OCH3 is 2. The molecule has 0 spiro atoms. The summed E-state index contributed by atoms with van der Waals surface area (Å²) in [5, 5.41) is 4.45. The standard InChI is InChI=1S/C22H22N2O3S/c1-4-10-23-20(25)14-28-21-13-17(15-8-6-5-7-9-15)22-18(24-21)11-16(26-2)12-19(22)27-3/h4-9,11-13H,1,10,14H2,2-3H3,(H,23,25). The molecule has 1 heterocycles. The van der Waals surface area contributed by atoms with Crippen molar-refractivity contribution in [1.29, 1.82) is 0 Å². The highest BCUT2D eigenvalue weighted by Gasteiger charge is 2.15. The van der Waals surface area contributed by atoms with Gasteiger partial charge in [-0.05, 0) is 17.2 Å². The van der Waals surface area contributed by atoms with Crippen LogP contribution < -0.4 is 14.8 Å². The van der Waals surface area contributed by atoms with Gasteiger partial charge in [0.25, 0.3) is 0 Å². The Hall–Kier alpha value is -2.99. The van der Waals surface area contributed by atoms with E-state index in [1.54, 1.807) is 20.3 Å². The molecule has 0 aliphatic heterocycles. The van der Waals surface area contributed by atoms with Crippen molar-refractivity contribution in [2.75, 3.05) is 26.5 Å². The minimum atomic E-state index is -0.0590. The molecule has 144 valence electrons. The molecular formula is C22H22N2O3S. The molecule has 1 N–H and O–H groups in total. The van der Waals surface area contributed by atoms with Gasteiger partial charge in [0.2, 0.25) is 5.91 Å². The van der Waals surface area contributed by atoms with Gasteiger partial charge in [-0.15, -0.1) is 6.58 Å². The molecule has 3 aromatic rings. The predicted octanol–water partition coefficient (Wildman–Crippen LogP) is 4.31. The van der Waals surface area contributed by atoms with Crippen molar-refractivity contribution in [3.05, 3.63) is 61.2 Å². The maximum Gasteiger partial charge on any atom is 0.230 e. The highest BCUT2D eigenvalue weighted by atomic mass is 32.2. The van der Waals surface area contributed by atoms with E-state index in [1.807, 2.05) is 48.5 Å². The molecular weight excluding hydrogens is 372 g/mol. The summed E-state index contributed by atoms with van der Waals surface area (Å²) in [5.41, 5.74) is 2.81. The quantitative estimate of drug-likeness (QED) is 0.456. The summed E-state index contributed by atoms with van der Waals surface area (Å²) < 4.78 is 11.0. The number of nitrogens with zero attached hydrogens (tertiary/aromatic N) is 1. The Bertz CT molecular complexity index is 990. The van der Waals surface area contributed by atoms with Crippen molar-refractivity contribution in [3.8, 4) is 22.6 Å². The topological polar surface area (TPSA) is 60.5 Å². The van der Waals surface area contributed by atoms with E-state index < -0.39 is 0 Å². The fraction of sp³-hybridized carbons (Fsp3) is 0.182. The minimum absolute atomic E-state index is 0.0590. The zero-order valence-electron chi connectivity index (χ0n) is 15.9. The minimum Gasteiger partial charge on any atom is -0.497 e. The van der Waals surface area contributed by atoms with Gasteiger partial charge in [-0.2, -0.15) is 0 Å². The van der Waals surface area contributed by atoms with Crippen LogP contribution in [-0.2, 0) is 4.79 Å². The maximum absolute atomic E-state index is 11.9. The summed E-state index contributed by atoms with van der Waals surface area (Å²) in [7, 11) is 3.25. The van der Waals surface area contributed by atoms with Crippen LogP contribution in [0.1, 0.15) is 0 Å². The number of amides is 1. The van der Waals surface area contributed by atoms with Gasteiger partial charge in [0.15, 0.2) is 0 Å². The molecule has 1 aromatic heterocycles. The molecule has 0 atom stereocenters. The Morgan fingerprint density at radius 2 is 1.96 bits per heavy atom. The Morgan fingerprint density at radius 3 is 2.64 bits per heavy atom. The second-order valence-electron chi connectivity index (χ2n) is 5.98. The third kappa shape index (κ3) is 4.46. The Balaban J connectivity index is 2.08. The lowest BCUT2D eigenvalue weighted by molar-refractivity contribution is -0.118. The van der Waals surface area contributed by atoms with Crippen LogP contribution in [0.4, 0.5) is 0 Å². The molecule has 0 fully saturated rings. The summed E-state index contributed by atoms with van der Waals surface area (Å²) in [6, 6.07) is 15.8. The van der Waals surface area contributed by atoms with Gasteiger partial charge in [-0.25, -0.2) is 4.98 Å². The first-order chi connectivity index (χ1) is 13.7. The molecule has 0 aliphatic carbocycles. The summed E-state index contributed by atoms with van der Waals surface area (Å²) in [6.45, 7) is 4.06.